The van der Waals surface area contributed by atoms with E-state index < -0.39 is 0 Å². The molecule has 0 fully saturated rings. The highest BCUT2D eigenvalue weighted by Crippen LogP contribution is 2.28. The largest absolute Gasteiger partial charge is 0.378 e. The number of anilines is 4. The number of nitrogens with one attached hydrogen (secondary N) is 2. The second-order valence-corrected chi connectivity index (χ2v) is 8.34. The first-order chi connectivity index (χ1) is 17.4. The first kappa shape index (κ1) is 24.2. The highest BCUT2D eigenvalue weighted by atomic mass is 16.1. The topological polar surface area (TPSA) is 134 Å². The third-order valence-electron chi connectivity index (χ3n) is 5.43. The number of carbonyl (C=O) groups excluding carboxylic acids is 1. The summed E-state index contributed by atoms with van der Waals surface area (Å²) in [5.41, 5.74) is 16.5. The monoisotopic (exact) mass is 480 g/mol. The van der Waals surface area contributed by atoms with E-state index in [0.717, 1.165) is 33.5 Å². The third-order valence-corrected chi connectivity index (χ3v) is 5.43. The van der Waals surface area contributed by atoms with E-state index in [2.05, 4.69) is 36.8 Å². The van der Waals surface area contributed by atoms with Crippen LogP contribution in [0, 0.1) is 0 Å². The van der Waals surface area contributed by atoms with Crippen LogP contribution < -0.4 is 27.0 Å². The molecule has 4 aromatic rings. The van der Waals surface area contributed by atoms with Gasteiger partial charge in [-0.15, -0.1) is 5.10 Å². The molecule has 0 atom stereocenters. The number of benzene rings is 3. The summed E-state index contributed by atoms with van der Waals surface area (Å²) in [5.74, 6) is -0.293. The SMILES string of the molecule is CN(C)c1ccc2nccc(Nc3ccc(C(=O)Nc4cccc(C/C=N/N=C(N)N)c4)cc3)c2c1. The Hall–Kier alpha value is -4.92. The second-order valence-electron chi connectivity index (χ2n) is 8.34. The lowest BCUT2D eigenvalue weighted by Crippen LogP contribution is -2.21. The molecule has 1 heterocycles. The van der Waals surface area contributed by atoms with Crippen LogP contribution in [0.4, 0.5) is 22.7 Å². The van der Waals surface area contributed by atoms with E-state index in [1.807, 2.05) is 68.7 Å². The van der Waals surface area contributed by atoms with Crippen molar-refractivity contribution in [1.82, 2.24) is 4.98 Å². The average molecular weight is 481 g/mol. The maximum absolute atomic E-state index is 12.8. The standard InChI is InChI=1S/C27H28N8O/c1-35(2)22-10-11-24-23(17-22)25(13-14-30-24)32-20-8-6-19(7-9-20)26(36)33-21-5-3-4-18(16-21)12-15-31-34-27(28)29/h3-11,13-17H,12H2,1-2H3,(H,30,32)(H,33,36)(H4,28,29,34)/b31-15+. The fourth-order valence-electron chi connectivity index (χ4n) is 3.61. The summed E-state index contributed by atoms with van der Waals surface area (Å²) in [5, 5.41) is 14.8. The van der Waals surface area contributed by atoms with Gasteiger partial charge in [0.2, 0.25) is 5.96 Å². The van der Waals surface area contributed by atoms with Crippen molar-refractivity contribution in [3.8, 4) is 0 Å². The predicted molar refractivity (Wildman–Crippen MR) is 148 cm³/mol. The predicted octanol–water partition coefficient (Wildman–Crippen LogP) is 4.10. The number of fused-ring (bicyclic) bond motifs is 1. The summed E-state index contributed by atoms with van der Waals surface area (Å²) in [6.45, 7) is 0. The van der Waals surface area contributed by atoms with Crippen LogP contribution in [0.15, 0.2) is 89.2 Å². The van der Waals surface area contributed by atoms with E-state index in [9.17, 15) is 4.79 Å². The summed E-state index contributed by atoms with van der Waals surface area (Å²) in [4.78, 5) is 19.3. The number of rotatable bonds is 8. The fraction of sp³-hybridized carbons (Fsp3) is 0.111. The molecule has 0 radical (unpaired) electrons. The Morgan fingerprint density at radius 3 is 2.56 bits per heavy atom. The van der Waals surface area contributed by atoms with Gasteiger partial charge in [0.1, 0.15) is 0 Å². The molecule has 0 bridgehead atoms. The van der Waals surface area contributed by atoms with Gasteiger partial charge in [0.05, 0.1) is 5.52 Å². The van der Waals surface area contributed by atoms with Crippen LogP contribution in [-0.4, -0.2) is 37.2 Å². The Labute approximate surface area is 209 Å². The molecule has 0 aliphatic rings. The highest BCUT2D eigenvalue weighted by molar-refractivity contribution is 6.04. The molecule has 9 nitrogen and oxygen atoms in total. The molecule has 6 N–H and O–H groups in total. The van der Waals surface area contributed by atoms with Crippen molar-refractivity contribution < 1.29 is 4.79 Å². The second kappa shape index (κ2) is 11.0. The Morgan fingerprint density at radius 2 is 1.81 bits per heavy atom. The van der Waals surface area contributed by atoms with Crippen LogP contribution in [0.1, 0.15) is 15.9 Å². The molecule has 36 heavy (non-hydrogen) atoms. The summed E-state index contributed by atoms with van der Waals surface area (Å²) in [7, 11) is 4.02. The number of nitrogens with two attached hydrogens (primary N) is 2. The summed E-state index contributed by atoms with van der Waals surface area (Å²) in [6, 6.07) is 23.0. The molecular weight excluding hydrogens is 452 g/mol. The third kappa shape index (κ3) is 6.15. The Bertz CT molecular complexity index is 1420. The number of hydrogen-bond donors (Lipinski definition) is 4. The van der Waals surface area contributed by atoms with Gasteiger partial charge in [-0.1, -0.05) is 12.1 Å². The summed E-state index contributed by atoms with van der Waals surface area (Å²) >= 11 is 0. The molecule has 182 valence electrons. The van der Waals surface area contributed by atoms with Gasteiger partial charge < -0.3 is 27.0 Å². The van der Waals surface area contributed by atoms with Crippen molar-refractivity contribution in [2.75, 3.05) is 29.6 Å². The number of amides is 1. The van der Waals surface area contributed by atoms with Crippen LogP contribution in [0.3, 0.4) is 0 Å². The average Bonchev–Trinajstić information content (AvgIpc) is 2.87. The molecule has 0 aliphatic heterocycles. The fourth-order valence-corrected chi connectivity index (χ4v) is 3.61. The maximum Gasteiger partial charge on any atom is 0.255 e. The maximum atomic E-state index is 12.8. The van der Waals surface area contributed by atoms with Gasteiger partial charge in [-0.25, -0.2) is 0 Å². The number of guanidine groups is 1. The smallest absolute Gasteiger partial charge is 0.255 e. The zero-order valence-corrected chi connectivity index (χ0v) is 20.1. The molecule has 1 aromatic heterocycles. The Kier molecular flexibility index (Phi) is 7.40. The summed E-state index contributed by atoms with van der Waals surface area (Å²) < 4.78 is 0. The molecule has 1 amide bonds. The van der Waals surface area contributed by atoms with Crippen molar-refractivity contribution in [3.05, 3.63) is 90.1 Å². The minimum atomic E-state index is -0.196. The van der Waals surface area contributed by atoms with Gasteiger partial charge in [0.25, 0.3) is 5.91 Å². The first-order valence-electron chi connectivity index (χ1n) is 11.3. The van der Waals surface area contributed by atoms with Crippen molar-refractivity contribution >= 4 is 51.7 Å². The van der Waals surface area contributed by atoms with E-state index in [4.69, 9.17) is 11.5 Å². The number of pyridine rings is 1. The normalized spacial score (nSPS) is 10.8. The number of hydrogen-bond acceptors (Lipinski definition) is 6. The van der Waals surface area contributed by atoms with Crippen molar-refractivity contribution in [2.45, 2.75) is 6.42 Å². The molecule has 3 aromatic carbocycles. The minimum absolute atomic E-state index is 0.0962. The molecular formula is C27H28N8O. The van der Waals surface area contributed by atoms with Crippen LogP contribution in [-0.2, 0) is 6.42 Å². The molecule has 0 saturated heterocycles. The van der Waals surface area contributed by atoms with Gasteiger partial charge >= 0.3 is 0 Å². The van der Waals surface area contributed by atoms with Gasteiger partial charge in [0, 0.05) is 66.6 Å². The molecule has 0 saturated carbocycles. The van der Waals surface area contributed by atoms with Gasteiger partial charge in [-0.2, -0.15) is 5.10 Å². The number of nitrogens with zero attached hydrogens (tertiary/aromatic N) is 4. The van der Waals surface area contributed by atoms with E-state index in [-0.39, 0.29) is 11.9 Å². The van der Waals surface area contributed by atoms with E-state index >= 15 is 0 Å². The minimum Gasteiger partial charge on any atom is -0.378 e. The van der Waals surface area contributed by atoms with Crippen LogP contribution in [0.2, 0.25) is 0 Å². The van der Waals surface area contributed by atoms with E-state index in [1.54, 1.807) is 24.5 Å². The van der Waals surface area contributed by atoms with Crippen LogP contribution in [0.5, 0.6) is 0 Å². The van der Waals surface area contributed by atoms with Crippen LogP contribution >= 0.6 is 0 Å². The van der Waals surface area contributed by atoms with Crippen LogP contribution in [0.25, 0.3) is 10.9 Å². The highest BCUT2D eigenvalue weighted by Gasteiger charge is 2.08. The first-order valence-corrected chi connectivity index (χ1v) is 11.3. The zero-order valence-electron chi connectivity index (χ0n) is 20.1. The molecule has 0 unspecified atom stereocenters. The van der Waals surface area contributed by atoms with Gasteiger partial charge in [-0.3, -0.25) is 9.78 Å². The lowest BCUT2D eigenvalue weighted by atomic mass is 10.1. The number of aromatic nitrogens is 1. The Morgan fingerprint density at radius 1 is 1.00 bits per heavy atom. The van der Waals surface area contributed by atoms with Crippen molar-refractivity contribution in [1.29, 1.82) is 0 Å². The van der Waals surface area contributed by atoms with Crippen molar-refractivity contribution in [2.24, 2.45) is 21.7 Å². The zero-order chi connectivity index (χ0) is 25.5. The summed E-state index contributed by atoms with van der Waals surface area (Å²) in [6.07, 6.45) is 3.91. The lowest BCUT2D eigenvalue weighted by Gasteiger charge is -2.15. The Balaban J connectivity index is 1.44. The quantitative estimate of drug-likeness (QED) is 0.170. The van der Waals surface area contributed by atoms with Gasteiger partial charge in [-0.05, 0) is 66.2 Å². The molecule has 4 rings (SSSR count). The lowest BCUT2D eigenvalue weighted by molar-refractivity contribution is 0.102. The molecule has 9 heteroatoms. The molecule has 0 aliphatic carbocycles. The number of carbonyl (C=O) groups is 1. The molecule has 0 spiro atoms. The van der Waals surface area contributed by atoms with Crippen molar-refractivity contribution in [3.63, 3.8) is 0 Å². The van der Waals surface area contributed by atoms with E-state index in [1.165, 1.54) is 0 Å². The van der Waals surface area contributed by atoms with E-state index in [0.29, 0.717) is 17.7 Å². The van der Waals surface area contributed by atoms with Gasteiger partial charge in [0.15, 0.2) is 0 Å².